The van der Waals surface area contributed by atoms with Gasteiger partial charge in [0.1, 0.15) is 0 Å². The number of rotatable bonds is 2. The highest BCUT2D eigenvalue weighted by Crippen LogP contribution is 2.38. The van der Waals surface area contributed by atoms with Crippen LogP contribution in [0.2, 0.25) is 0 Å². The predicted octanol–water partition coefficient (Wildman–Crippen LogP) is 6.45. The van der Waals surface area contributed by atoms with E-state index in [9.17, 15) is 0 Å². The average molecular weight is 323 g/mol. The molecule has 122 valence electrons. The molecule has 3 aromatic rings. The van der Waals surface area contributed by atoms with Gasteiger partial charge in [0, 0.05) is 12.0 Å². The summed E-state index contributed by atoms with van der Waals surface area (Å²) in [5.74, 6) is 0. The van der Waals surface area contributed by atoms with Crippen LogP contribution in [0.25, 0.3) is 11.1 Å². The van der Waals surface area contributed by atoms with Gasteiger partial charge in [0.2, 0.25) is 0 Å². The van der Waals surface area contributed by atoms with Gasteiger partial charge < -0.3 is 0 Å². The number of aliphatic imine (C=N–C) groups is 1. The van der Waals surface area contributed by atoms with Crippen LogP contribution >= 0.6 is 0 Å². The number of allylic oxidation sites excluding steroid dienone is 2. The third-order valence-electron chi connectivity index (χ3n) is 4.87. The Morgan fingerprint density at radius 3 is 2.12 bits per heavy atom. The Morgan fingerprint density at radius 1 is 0.680 bits per heavy atom. The molecule has 1 heterocycles. The van der Waals surface area contributed by atoms with Crippen molar-refractivity contribution in [2.75, 3.05) is 0 Å². The third kappa shape index (κ3) is 3.06. The van der Waals surface area contributed by atoms with Crippen molar-refractivity contribution >= 4 is 22.5 Å². The molecule has 4 rings (SSSR count). The fourth-order valence-electron chi connectivity index (χ4n) is 3.41. The fraction of sp³-hybridized carbons (Fsp3) is 0.125. The maximum absolute atomic E-state index is 5.04. The molecule has 0 aromatic heterocycles. The Morgan fingerprint density at radius 2 is 1.36 bits per heavy atom. The lowest BCUT2D eigenvalue weighted by Gasteiger charge is -2.12. The molecule has 1 heteroatoms. The van der Waals surface area contributed by atoms with Gasteiger partial charge in [-0.25, -0.2) is 0 Å². The number of para-hydroxylation sites is 1. The third-order valence-corrected chi connectivity index (χ3v) is 4.87. The Bertz CT molecular complexity index is 960. The monoisotopic (exact) mass is 323 g/mol. The molecule has 1 nitrogen and oxygen atoms in total. The summed E-state index contributed by atoms with van der Waals surface area (Å²) < 4.78 is 0. The lowest BCUT2D eigenvalue weighted by molar-refractivity contribution is 1.39. The summed E-state index contributed by atoms with van der Waals surface area (Å²) in [6, 6.07) is 27.8. The van der Waals surface area contributed by atoms with Crippen LogP contribution in [-0.2, 0) is 0 Å². The molecule has 0 unspecified atom stereocenters. The summed E-state index contributed by atoms with van der Waals surface area (Å²) in [6.45, 7) is 4.34. The molecule has 0 spiro atoms. The Labute approximate surface area is 149 Å². The first-order chi connectivity index (χ1) is 12.2. The molecule has 0 atom stereocenters. The second kappa shape index (κ2) is 6.52. The van der Waals surface area contributed by atoms with Gasteiger partial charge in [-0.05, 0) is 42.2 Å². The van der Waals surface area contributed by atoms with Crippen molar-refractivity contribution in [1.29, 1.82) is 0 Å². The zero-order chi connectivity index (χ0) is 17.2. The highest BCUT2D eigenvalue weighted by molar-refractivity contribution is 6.12. The van der Waals surface area contributed by atoms with Gasteiger partial charge in [-0.3, -0.25) is 4.99 Å². The van der Waals surface area contributed by atoms with Crippen molar-refractivity contribution in [3.63, 3.8) is 0 Å². The van der Waals surface area contributed by atoms with Crippen molar-refractivity contribution < 1.29 is 0 Å². The number of benzene rings is 3. The largest absolute Gasteiger partial charge is 0.252 e. The van der Waals surface area contributed by atoms with Crippen LogP contribution in [0.1, 0.15) is 35.6 Å². The van der Waals surface area contributed by atoms with Gasteiger partial charge in [0.15, 0.2) is 0 Å². The summed E-state index contributed by atoms with van der Waals surface area (Å²) in [6.07, 6.45) is 0.841. The van der Waals surface area contributed by atoms with Gasteiger partial charge in [0.05, 0.1) is 11.4 Å². The minimum Gasteiger partial charge on any atom is -0.252 e. The summed E-state index contributed by atoms with van der Waals surface area (Å²) in [7, 11) is 0. The van der Waals surface area contributed by atoms with E-state index >= 15 is 0 Å². The van der Waals surface area contributed by atoms with E-state index in [1.54, 1.807) is 0 Å². The van der Waals surface area contributed by atoms with Gasteiger partial charge in [-0.2, -0.15) is 0 Å². The van der Waals surface area contributed by atoms with Crippen LogP contribution in [0.5, 0.6) is 0 Å². The first kappa shape index (κ1) is 15.6. The Hall–Kier alpha value is -2.93. The molecular formula is C24H21N. The van der Waals surface area contributed by atoms with Crippen molar-refractivity contribution in [3.8, 4) is 0 Å². The molecule has 1 aliphatic heterocycles. The molecule has 0 saturated heterocycles. The van der Waals surface area contributed by atoms with E-state index in [2.05, 4.69) is 92.7 Å². The van der Waals surface area contributed by atoms with Crippen molar-refractivity contribution in [2.45, 2.75) is 20.3 Å². The zero-order valence-corrected chi connectivity index (χ0v) is 14.7. The molecule has 0 fully saturated rings. The normalized spacial score (nSPS) is 13.9. The maximum Gasteiger partial charge on any atom is 0.0708 e. The van der Waals surface area contributed by atoms with E-state index in [0.29, 0.717) is 0 Å². The molecule has 0 aliphatic carbocycles. The minimum absolute atomic E-state index is 0.841. The molecule has 0 N–H and O–H groups in total. The van der Waals surface area contributed by atoms with Gasteiger partial charge in [-0.15, -0.1) is 0 Å². The summed E-state index contributed by atoms with van der Waals surface area (Å²) in [5, 5.41) is 0. The fourth-order valence-corrected chi connectivity index (χ4v) is 3.41. The van der Waals surface area contributed by atoms with Crippen molar-refractivity contribution in [3.05, 3.63) is 101 Å². The topological polar surface area (TPSA) is 12.4 Å². The average Bonchev–Trinajstić information content (AvgIpc) is 2.80. The van der Waals surface area contributed by atoms with Crippen LogP contribution in [0, 0.1) is 6.92 Å². The van der Waals surface area contributed by atoms with Crippen molar-refractivity contribution in [1.82, 2.24) is 0 Å². The van der Waals surface area contributed by atoms with E-state index in [1.807, 2.05) is 0 Å². The molecule has 0 radical (unpaired) electrons. The standard InChI is InChI=1S/C24H21N/c1-17-12-14-20(15-13-17)24-16-22(19-8-4-3-5-9-19)18(2)21-10-6-7-11-23(21)25-24/h3-15H,16H2,1-2H3. The Kier molecular flexibility index (Phi) is 4.07. The number of fused-ring (bicyclic) bond motifs is 1. The van der Waals surface area contributed by atoms with Gasteiger partial charge >= 0.3 is 0 Å². The molecular weight excluding hydrogens is 302 g/mol. The summed E-state index contributed by atoms with van der Waals surface area (Å²) in [5.41, 5.74) is 9.82. The van der Waals surface area contributed by atoms with Crippen LogP contribution in [0.3, 0.4) is 0 Å². The second-order valence-corrected chi connectivity index (χ2v) is 6.59. The van der Waals surface area contributed by atoms with Gasteiger partial charge in [-0.1, -0.05) is 78.4 Å². The van der Waals surface area contributed by atoms with Crippen LogP contribution in [-0.4, -0.2) is 5.71 Å². The lowest BCUT2D eigenvalue weighted by Crippen LogP contribution is -2.02. The summed E-state index contributed by atoms with van der Waals surface area (Å²) in [4.78, 5) is 5.04. The number of hydrogen-bond acceptors (Lipinski definition) is 1. The van der Waals surface area contributed by atoms with Crippen LogP contribution in [0.15, 0.2) is 83.9 Å². The highest BCUT2D eigenvalue weighted by Gasteiger charge is 2.18. The van der Waals surface area contributed by atoms with E-state index in [1.165, 1.54) is 33.4 Å². The molecule has 3 aromatic carbocycles. The maximum atomic E-state index is 5.04. The molecule has 0 saturated carbocycles. The van der Waals surface area contributed by atoms with Gasteiger partial charge in [0.25, 0.3) is 0 Å². The smallest absolute Gasteiger partial charge is 0.0708 e. The number of aryl methyl sites for hydroxylation is 1. The number of hydrogen-bond donors (Lipinski definition) is 0. The lowest BCUT2D eigenvalue weighted by atomic mass is 9.91. The second-order valence-electron chi connectivity index (χ2n) is 6.59. The Balaban J connectivity index is 1.91. The minimum atomic E-state index is 0.841. The van der Waals surface area contributed by atoms with Crippen molar-refractivity contribution in [2.24, 2.45) is 4.99 Å². The SMILES string of the molecule is CC1=C(c2ccccc2)CC(c2ccc(C)cc2)=Nc2ccccc21. The molecule has 0 bridgehead atoms. The van der Waals surface area contributed by atoms with E-state index in [4.69, 9.17) is 4.99 Å². The van der Waals surface area contributed by atoms with Crippen LogP contribution < -0.4 is 0 Å². The molecule has 0 amide bonds. The highest BCUT2D eigenvalue weighted by atomic mass is 14.8. The predicted molar refractivity (Wildman–Crippen MR) is 107 cm³/mol. The van der Waals surface area contributed by atoms with E-state index in [0.717, 1.165) is 17.8 Å². The first-order valence-corrected chi connectivity index (χ1v) is 8.71. The molecule has 1 aliphatic rings. The first-order valence-electron chi connectivity index (χ1n) is 8.71. The van der Waals surface area contributed by atoms with E-state index < -0.39 is 0 Å². The van der Waals surface area contributed by atoms with Crippen LogP contribution in [0.4, 0.5) is 5.69 Å². The van der Waals surface area contributed by atoms with E-state index in [-0.39, 0.29) is 0 Å². The molecule has 25 heavy (non-hydrogen) atoms. The number of nitrogens with zero attached hydrogens (tertiary/aromatic N) is 1. The quantitative estimate of drug-likeness (QED) is 0.514. The zero-order valence-electron chi connectivity index (χ0n) is 14.7. The summed E-state index contributed by atoms with van der Waals surface area (Å²) >= 11 is 0.